The number of methoxy groups -OCH3 is 1. The number of anilines is 1. The highest BCUT2D eigenvalue weighted by Gasteiger charge is 2.41. The lowest BCUT2D eigenvalue weighted by molar-refractivity contribution is 0.415. The Morgan fingerprint density at radius 2 is 1.88 bits per heavy atom. The number of aromatic amines is 1. The van der Waals surface area contributed by atoms with E-state index >= 15 is 0 Å². The first-order valence-corrected chi connectivity index (χ1v) is 8.88. The molecule has 1 fully saturated rings. The Morgan fingerprint density at radius 3 is 2.50 bits per heavy atom. The molecule has 0 spiro atoms. The minimum atomic E-state index is -0.0381. The van der Waals surface area contributed by atoms with E-state index in [0.29, 0.717) is 5.11 Å². The van der Waals surface area contributed by atoms with Gasteiger partial charge in [0.2, 0.25) is 0 Å². The lowest BCUT2D eigenvalue weighted by atomic mass is 10.0. The van der Waals surface area contributed by atoms with E-state index in [9.17, 15) is 0 Å². The zero-order valence-corrected chi connectivity index (χ0v) is 15.5. The number of thiocarbonyl (C=S) groups is 1. The topological polar surface area (TPSA) is 53.2 Å². The molecule has 1 aliphatic heterocycles. The third-order valence-corrected chi connectivity index (χ3v) is 4.94. The number of H-pyrrole nitrogens is 1. The normalized spacial score (nSPS) is 19.5. The molecule has 0 radical (unpaired) electrons. The fourth-order valence-corrected chi connectivity index (χ4v) is 3.74. The second kappa shape index (κ2) is 6.80. The van der Waals surface area contributed by atoms with Crippen molar-refractivity contribution in [2.75, 3.05) is 12.0 Å². The van der Waals surface area contributed by atoms with E-state index in [4.69, 9.17) is 17.0 Å². The molecule has 0 aliphatic carbocycles. The van der Waals surface area contributed by atoms with Gasteiger partial charge in [0.15, 0.2) is 5.11 Å². The molecule has 4 rings (SSSR count). The summed E-state index contributed by atoms with van der Waals surface area (Å²) in [6.07, 6.45) is 1.81. The van der Waals surface area contributed by atoms with Crippen LogP contribution < -0.4 is 15.0 Å². The fraction of sp³-hybridized carbons (Fsp3) is 0.200. The van der Waals surface area contributed by atoms with Gasteiger partial charge in [0.25, 0.3) is 0 Å². The van der Waals surface area contributed by atoms with E-state index in [1.165, 1.54) is 0 Å². The first-order chi connectivity index (χ1) is 12.7. The quantitative estimate of drug-likeness (QED) is 0.688. The van der Waals surface area contributed by atoms with E-state index in [-0.39, 0.29) is 12.1 Å². The Bertz CT molecular complexity index is 907. The fourth-order valence-electron chi connectivity index (χ4n) is 3.39. The highest BCUT2D eigenvalue weighted by Crippen LogP contribution is 2.41. The van der Waals surface area contributed by atoms with E-state index < -0.39 is 0 Å². The molecule has 2 unspecified atom stereocenters. The molecule has 1 aliphatic rings. The van der Waals surface area contributed by atoms with Crippen LogP contribution >= 0.6 is 12.2 Å². The van der Waals surface area contributed by atoms with Gasteiger partial charge in [0.05, 0.1) is 18.8 Å². The maximum Gasteiger partial charge on any atom is 0.174 e. The van der Waals surface area contributed by atoms with Crippen molar-refractivity contribution in [3.63, 3.8) is 0 Å². The van der Waals surface area contributed by atoms with Crippen molar-refractivity contribution in [2.24, 2.45) is 0 Å². The highest BCUT2D eigenvalue weighted by atomic mass is 32.1. The molecular weight excluding hydrogens is 344 g/mol. The minimum absolute atomic E-state index is 0.0144. The van der Waals surface area contributed by atoms with E-state index in [2.05, 4.69) is 39.2 Å². The molecule has 0 saturated carbocycles. The van der Waals surface area contributed by atoms with Gasteiger partial charge in [0, 0.05) is 23.3 Å². The van der Waals surface area contributed by atoms with Crippen molar-refractivity contribution >= 4 is 23.0 Å². The molecule has 2 N–H and O–H groups in total. The summed E-state index contributed by atoms with van der Waals surface area (Å²) < 4.78 is 5.28. The molecule has 6 heteroatoms. The van der Waals surface area contributed by atoms with Crippen molar-refractivity contribution in [3.05, 3.63) is 77.9 Å². The Morgan fingerprint density at radius 1 is 1.08 bits per heavy atom. The van der Waals surface area contributed by atoms with Crippen LogP contribution in [-0.2, 0) is 0 Å². The minimum Gasteiger partial charge on any atom is -0.497 e. The Kier molecular flexibility index (Phi) is 4.34. The third kappa shape index (κ3) is 2.93. The maximum absolute atomic E-state index is 5.69. The molecule has 1 saturated heterocycles. The molecule has 132 valence electrons. The van der Waals surface area contributed by atoms with Crippen LogP contribution in [0.25, 0.3) is 0 Å². The molecule has 0 bridgehead atoms. The summed E-state index contributed by atoms with van der Waals surface area (Å²) in [5, 5.41) is 4.13. The number of hydrogen-bond acceptors (Lipinski definition) is 3. The SMILES string of the molecule is COc1ccc(N2C(=S)NC(c3ccccn3)C2c2ccc(C)[nH]2)cc1. The van der Waals surface area contributed by atoms with E-state index in [1.807, 2.05) is 48.7 Å². The van der Waals surface area contributed by atoms with Gasteiger partial charge in [-0.3, -0.25) is 4.98 Å². The van der Waals surface area contributed by atoms with Gasteiger partial charge in [-0.25, -0.2) is 0 Å². The van der Waals surface area contributed by atoms with Crippen molar-refractivity contribution < 1.29 is 4.74 Å². The van der Waals surface area contributed by atoms with Crippen LogP contribution in [0.1, 0.15) is 29.2 Å². The number of nitrogens with zero attached hydrogens (tertiary/aromatic N) is 2. The summed E-state index contributed by atoms with van der Waals surface area (Å²) in [5.41, 5.74) is 4.19. The molecule has 2 aromatic heterocycles. The Hall–Kier alpha value is -2.86. The molecule has 26 heavy (non-hydrogen) atoms. The first kappa shape index (κ1) is 16.6. The summed E-state index contributed by atoms with van der Waals surface area (Å²) >= 11 is 5.69. The van der Waals surface area contributed by atoms with Gasteiger partial charge in [-0.05, 0) is 67.7 Å². The summed E-state index contributed by atoms with van der Waals surface area (Å²) in [5.74, 6) is 0.820. The predicted molar refractivity (Wildman–Crippen MR) is 106 cm³/mol. The van der Waals surface area contributed by atoms with Crippen LogP contribution in [0.2, 0.25) is 0 Å². The molecule has 2 atom stereocenters. The average molecular weight is 364 g/mol. The molecule has 3 heterocycles. The van der Waals surface area contributed by atoms with Crippen LogP contribution in [0.4, 0.5) is 5.69 Å². The number of hydrogen-bond donors (Lipinski definition) is 2. The molecular formula is C20H20N4OS. The Labute approximate surface area is 158 Å². The molecule has 3 aromatic rings. The average Bonchev–Trinajstić information content (AvgIpc) is 3.25. The van der Waals surface area contributed by atoms with Crippen molar-refractivity contribution in [2.45, 2.75) is 19.0 Å². The van der Waals surface area contributed by atoms with Gasteiger partial charge >= 0.3 is 0 Å². The van der Waals surface area contributed by atoms with Gasteiger partial charge in [-0.2, -0.15) is 0 Å². The molecule has 0 amide bonds. The van der Waals surface area contributed by atoms with Crippen LogP contribution in [0.15, 0.2) is 60.8 Å². The number of ether oxygens (including phenoxy) is 1. The number of nitrogens with one attached hydrogen (secondary N) is 2. The van der Waals surface area contributed by atoms with Gasteiger partial charge in [-0.15, -0.1) is 0 Å². The summed E-state index contributed by atoms with van der Waals surface area (Å²) in [4.78, 5) is 10.2. The standard InChI is InChI=1S/C20H20N4OS/c1-13-6-11-17(22-13)19-18(16-5-3-4-12-21-16)23-20(26)24(19)14-7-9-15(25-2)10-8-14/h3-12,18-19,22H,1-2H3,(H,23,26). The van der Waals surface area contributed by atoms with Crippen LogP contribution in [0.5, 0.6) is 5.75 Å². The lowest BCUT2D eigenvalue weighted by Gasteiger charge is -2.27. The van der Waals surface area contributed by atoms with Gasteiger partial charge in [-0.1, -0.05) is 6.07 Å². The zero-order chi connectivity index (χ0) is 18.1. The number of pyridine rings is 1. The van der Waals surface area contributed by atoms with E-state index in [0.717, 1.165) is 28.5 Å². The lowest BCUT2D eigenvalue weighted by Crippen LogP contribution is -2.29. The smallest absolute Gasteiger partial charge is 0.174 e. The van der Waals surface area contributed by atoms with Crippen LogP contribution in [0, 0.1) is 6.92 Å². The number of rotatable bonds is 4. The monoisotopic (exact) mass is 364 g/mol. The molecule has 1 aromatic carbocycles. The highest BCUT2D eigenvalue weighted by molar-refractivity contribution is 7.80. The summed E-state index contributed by atoms with van der Waals surface area (Å²) in [6, 6.07) is 18.0. The predicted octanol–water partition coefficient (Wildman–Crippen LogP) is 3.90. The van der Waals surface area contributed by atoms with Crippen LogP contribution in [0.3, 0.4) is 0 Å². The Balaban J connectivity index is 1.79. The zero-order valence-electron chi connectivity index (χ0n) is 14.6. The van der Waals surface area contributed by atoms with Crippen molar-refractivity contribution in [1.29, 1.82) is 0 Å². The van der Waals surface area contributed by atoms with Crippen LogP contribution in [-0.4, -0.2) is 22.2 Å². The van der Waals surface area contributed by atoms with Crippen molar-refractivity contribution in [3.8, 4) is 5.75 Å². The third-order valence-electron chi connectivity index (χ3n) is 4.62. The summed E-state index contributed by atoms with van der Waals surface area (Å²) in [7, 11) is 1.67. The maximum atomic E-state index is 5.69. The van der Waals surface area contributed by atoms with Crippen molar-refractivity contribution in [1.82, 2.24) is 15.3 Å². The molecule has 5 nitrogen and oxygen atoms in total. The number of benzene rings is 1. The number of aromatic nitrogens is 2. The second-order valence-electron chi connectivity index (χ2n) is 6.29. The van der Waals surface area contributed by atoms with E-state index in [1.54, 1.807) is 7.11 Å². The largest absolute Gasteiger partial charge is 0.497 e. The summed E-state index contributed by atoms with van der Waals surface area (Å²) in [6.45, 7) is 2.05. The number of aryl methyl sites for hydroxylation is 1. The second-order valence-corrected chi connectivity index (χ2v) is 6.68. The van der Waals surface area contributed by atoms with Gasteiger partial charge < -0.3 is 19.9 Å². The first-order valence-electron chi connectivity index (χ1n) is 8.47. The van der Waals surface area contributed by atoms with Gasteiger partial charge in [0.1, 0.15) is 11.8 Å².